The van der Waals surface area contributed by atoms with Gasteiger partial charge in [0, 0.05) is 10.9 Å². The second kappa shape index (κ2) is 10.9. The molecule has 0 aliphatic heterocycles. The zero-order valence-electron chi connectivity index (χ0n) is 17.5. The Labute approximate surface area is 188 Å². The molecule has 0 spiro atoms. The standard InChI is InChI=1S/C23H24BrN3O4/c1-3-5-6-21-26-20-12-9-17(24)13-19(20)23(29)27(21)25-14-16-7-10-18(11-8-16)31-15-22(28)30-4-2/h7-14H,3-6,15H2,1-2H3. The Morgan fingerprint density at radius 1 is 1.19 bits per heavy atom. The maximum atomic E-state index is 13.1. The van der Waals surface area contributed by atoms with Crippen molar-refractivity contribution in [3.8, 4) is 5.75 Å². The van der Waals surface area contributed by atoms with Crippen LogP contribution in [0.3, 0.4) is 0 Å². The van der Waals surface area contributed by atoms with Gasteiger partial charge in [-0.2, -0.15) is 9.78 Å². The molecule has 7 nitrogen and oxygen atoms in total. The molecule has 0 atom stereocenters. The number of ether oxygens (including phenoxy) is 2. The number of unbranched alkanes of at least 4 members (excludes halogenated alkanes) is 1. The van der Waals surface area contributed by atoms with Crippen molar-refractivity contribution >= 4 is 39.0 Å². The molecule has 0 radical (unpaired) electrons. The highest BCUT2D eigenvalue weighted by molar-refractivity contribution is 9.10. The van der Waals surface area contributed by atoms with Crippen LogP contribution in [-0.2, 0) is 16.0 Å². The Morgan fingerprint density at radius 2 is 1.97 bits per heavy atom. The molecule has 2 aromatic carbocycles. The third-order valence-corrected chi connectivity index (χ3v) is 4.99. The molecule has 0 N–H and O–H groups in total. The molecule has 0 saturated carbocycles. The Bertz CT molecular complexity index is 1140. The first kappa shape index (κ1) is 22.7. The second-order valence-electron chi connectivity index (χ2n) is 6.82. The van der Waals surface area contributed by atoms with Crippen molar-refractivity contribution in [2.24, 2.45) is 5.10 Å². The van der Waals surface area contributed by atoms with E-state index >= 15 is 0 Å². The summed E-state index contributed by atoms with van der Waals surface area (Å²) in [6, 6.07) is 12.5. The minimum atomic E-state index is -0.414. The number of carbonyl (C=O) groups is 1. The molecular weight excluding hydrogens is 462 g/mol. The largest absolute Gasteiger partial charge is 0.482 e. The fourth-order valence-electron chi connectivity index (χ4n) is 2.93. The van der Waals surface area contributed by atoms with Crippen LogP contribution >= 0.6 is 15.9 Å². The fourth-order valence-corrected chi connectivity index (χ4v) is 3.29. The SMILES string of the molecule is CCCCc1nc2ccc(Br)cc2c(=O)n1N=Cc1ccc(OCC(=O)OCC)cc1. The summed E-state index contributed by atoms with van der Waals surface area (Å²) in [6.07, 6.45) is 4.18. The molecule has 0 unspecified atom stereocenters. The summed E-state index contributed by atoms with van der Waals surface area (Å²) < 4.78 is 12.4. The van der Waals surface area contributed by atoms with Crippen molar-refractivity contribution in [1.82, 2.24) is 9.66 Å². The van der Waals surface area contributed by atoms with Crippen LogP contribution in [0.4, 0.5) is 0 Å². The lowest BCUT2D eigenvalue weighted by Crippen LogP contribution is -2.22. The molecule has 1 heterocycles. The van der Waals surface area contributed by atoms with Gasteiger partial charge in [-0.05, 0) is 61.4 Å². The highest BCUT2D eigenvalue weighted by Gasteiger charge is 2.11. The van der Waals surface area contributed by atoms with Crippen molar-refractivity contribution < 1.29 is 14.3 Å². The Balaban J connectivity index is 1.85. The number of fused-ring (bicyclic) bond motifs is 1. The normalized spacial score (nSPS) is 11.2. The van der Waals surface area contributed by atoms with E-state index in [-0.39, 0.29) is 12.2 Å². The lowest BCUT2D eigenvalue weighted by molar-refractivity contribution is -0.145. The molecule has 0 amide bonds. The molecule has 0 saturated heterocycles. The number of hydrogen-bond acceptors (Lipinski definition) is 6. The summed E-state index contributed by atoms with van der Waals surface area (Å²) in [5, 5.41) is 4.93. The van der Waals surface area contributed by atoms with E-state index < -0.39 is 5.97 Å². The summed E-state index contributed by atoms with van der Waals surface area (Å²) in [4.78, 5) is 29.1. The molecule has 1 aromatic heterocycles. The van der Waals surface area contributed by atoms with Gasteiger partial charge in [0.2, 0.25) is 0 Å². The monoisotopic (exact) mass is 485 g/mol. The van der Waals surface area contributed by atoms with Crippen LogP contribution in [0.5, 0.6) is 5.75 Å². The van der Waals surface area contributed by atoms with E-state index in [0.29, 0.717) is 35.5 Å². The van der Waals surface area contributed by atoms with Gasteiger partial charge in [0.1, 0.15) is 11.6 Å². The predicted molar refractivity (Wildman–Crippen MR) is 124 cm³/mol. The maximum absolute atomic E-state index is 13.1. The highest BCUT2D eigenvalue weighted by Crippen LogP contribution is 2.17. The quantitative estimate of drug-likeness (QED) is 0.332. The molecule has 162 valence electrons. The topological polar surface area (TPSA) is 82.8 Å². The van der Waals surface area contributed by atoms with E-state index in [0.717, 1.165) is 22.9 Å². The second-order valence-corrected chi connectivity index (χ2v) is 7.73. The Morgan fingerprint density at radius 3 is 2.68 bits per heavy atom. The number of rotatable bonds is 9. The third kappa shape index (κ3) is 6.01. The average Bonchev–Trinajstić information content (AvgIpc) is 2.77. The summed E-state index contributed by atoms with van der Waals surface area (Å²) in [6.45, 7) is 4.01. The Hall–Kier alpha value is -3.00. The lowest BCUT2D eigenvalue weighted by Gasteiger charge is -2.09. The van der Waals surface area contributed by atoms with Crippen LogP contribution in [0, 0.1) is 0 Å². The van der Waals surface area contributed by atoms with Crippen LogP contribution in [0.1, 0.15) is 38.1 Å². The highest BCUT2D eigenvalue weighted by atomic mass is 79.9. The van der Waals surface area contributed by atoms with Crippen molar-refractivity contribution in [2.75, 3.05) is 13.2 Å². The molecule has 0 fully saturated rings. The van der Waals surface area contributed by atoms with E-state index in [1.807, 2.05) is 12.1 Å². The third-order valence-electron chi connectivity index (χ3n) is 4.49. The summed E-state index contributed by atoms with van der Waals surface area (Å²) in [5.41, 5.74) is 1.24. The molecular formula is C23H24BrN3O4. The van der Waals surface area contributed by atoms with E-state index in [2.05, 4.69) is 32.9 Å². The van der Waals surface area contributed by atoms with E-state index in [1.165, 1.54) is 4.68 Å². The number of aryl methyl sites for hydroxylation is 1. The minimum absolute atomic E-state index is 0.143. The van der Waals surface area contributed by atoms with Gasteiger partial charge in [0.25, 0.3) is 5.56 Å². The van der Waals surface area contributed by atoms with Crippen molar-refractivity contribution in [2.45, 2.75) is 33.1 Å². The van der Waals surface area contributed by atoms with Gasteiger partial charge in [0.05, 0.1) is 23.7 Å². The lowest BCUT2D eigenvalue weighted by atomic mass is 10.2. The van der Waals surface area contributed by atoms with Crippen molar-refractivity contribution in [3.63, 3.8) is 0 Å². The number of hydrogen-bond donors (Lipinski definition) is 0. The molecule has 3 aromatic rings. The first-order valence-electron chi connectivity index (χ1n) is 10.2. The van der Waals surface area contributed by atoms with Crippen LogP contribution in [-0.4, -0.2) is 35.1 Å². The van der Waals surface area contributed by atoms with Crippen LogP contribution in [0.25, 0.3) is 10.9 Å². The summed E-state index contributed by atoms with van der Waals surface area (Å²) in [5.74, 6) is 0.762. The Kier molecular flexibility index (Phi) is 7.94. The summed E-state index contributed by atoms with van der Waals surface area (Å²) in [7, 11) is 0. The number of halogens is 1. The fraction of sp³-hybridized carbons (Fsp3) is 0.304. The van der Waals surface area contributed by atoms with Gasteiger partial charge in [-0.15, -0.1) is 0 Å². The van der Waals surface area contributed by atoms with E-state index in [9.17, 15) is 9.59 Å². The van der Waals surface area contributed by atoms with Crippen LogP contribution < -0.4 is 10.3 Å². The molecule has 8 heteroatoms. The zero-order valence-corrected chi connectivity index (χ0v) is 19.1. The van der Waals surface area contributed by atoms with Crippen LogP contribution in [0.2, 0.25) is 0 Å². The van der Waals surface area contributed by atoms with Gasteiger partial charge >= 0.3 is 5.97 Å². The van der Waals surface area contributed by atoms with Gasteiger partial charge in [-0.3, -0.25) is 4.79 Å². The number of carbonyl (C=O) groups excluding carboxylic acids is 1. The van der Waals surface area contributed by atoms with Crippen molar-refractivity contribution in [1.29, 1.82) is 0 Å². The van der Waals surface area contributed by atoms with Gasteiger partial charge in [0.15, 0.2) is 6.61 Å². The first-order chi connectivity index (χ1) is 15.0. The maximum Gasteiger partial charge on any atom is 0.344 e. The first-order valence-corrected chi connectivity index (χ1v) is 10.9. The number of nitrogens with zero attached hydrogens (tertiary/aromatic N) is 3. The number of esters is 1. The molecule has 3 rings (SSSR count). The zero-order chi connectivity index (χ0) is 22.2. The average molecular weight is 486 g/mol. The van der Waals surface area contributed by atoms with E-state index in [4.69, 9.17) is 9.47 Å². The number of benzene rings is 2. The predicted octanol–water partition coefficient (Wildman–Crippen LogP) is 4.33. The summed E-state index contributed by atoms with van der Waals surface area (Å²) >= 11 is 3.41. The van der Waals surface area contributed by atoms with Crippen LogP contribution in [0.15, 0.2) is 56.8 Å². The van der Waals surface area contributed by atoms with E-state index in [1.54, 1.807) is 43.5 Å². The van der Waals surface area contributed by atoms with Gasteiger partial charge < -0.3 is 9.47 Å². The number of aromatic nitrogens is 2. The molecule has 0 aliphatic rings. The van der Waals surface area contributed by atoms with Crippen molar-refractivity contribution in [3.05, 3.63) is 68.7 Å². The minimum Gasteiger partial charge on any atom is -0.482 e. The molecule has 0 aliphatic carbocycles. The smallest absolute Gasteiger partial charge is 0.344 e. The molecule has 0 bridgehead atoms. The van der Waals surface area contributed by atoms with Gasteiger partial charge in [-0.1, -0.05) is 29.3 Å². The van der Waals surface area contributed by atoms with Gasteiger partial charge in [-0.25, -0.2) is 9.78 Å². The molecule has 31 heavy (non-hydrogen) atoms.